The summed E-state index contributed by atoms with van der Waals surface area (Å²) in [6, 6.07) is 59.0. The van der Waals surface area contributed by atoms with E-state index in [1.54, 1.807) is 0 Å². The maximum absolute atomic E-state index is 6.70. The molecule has 6 nitrogen and oxygen atoms in total. The lowest BCUT2D eigenvalue weighted by atomic mass is 9.82. The Morgan fingerprint density at radius 1 is 0.439 bits per heavy atom. The molecule has 0 N–H and O–H groups in total. The lowest BCUT2D eigenvalue weighted by molar-refractivity contribution is 0.584. The maximum atomic E-state index is 6.70. The molecule has 3 aromatic heterocycles. The summed E-state index contributed by atoms with van der Waals surface area (Å²) in [5, 5.41) is 3.17. The van der Waals surface area contributed by atoms with Crippen LogP contribution in [-0.4, -0.2) is 21.0 Å². The maximum Gasteiger partial charge on any atom is 0.164 e. The molecule has 0 saturated carbocycles. The van der Waals surface area contributed by atoms with Gasteiger partial charge in [-0.05, 0) is 71.3 Å². The highest BCUT2D eigenvalue weighted by molar-refractivity contribution is 6.06. The molecule has 6 heteroatoms. The van der Waals surface area contributed by atoms with Gasteiger partial charge in [0, 0.05) is 55.7 Å². The van der Waals surface area contributed by atoms with Crippen LogP contribution in [0.3, 0.4) is 0 Å². The van der Waals surface area contributed by atoms with Crippen molar-refractivity contribution in [1.82, 2.24) is 15.0 Å². The van der Waals surface area contributed by atoms with E-state index in [2.05, 4.69) is 151 Å². The number of hydrogen-bond donors (Lipinski definition) is 0. The largest absolute Gasteiger partial charge is 0.456 e. The molecule has 0 saturated heterocycles. The first-order valence-electron chi connectivity index (χ1n) is 19.3. The Labute approximate surface area is 328 Å². The standard InChI is InChI=1S/C51H32N4O2/c1-3-11-31(12-4-1)32-19-21-33(22-20-32)49-52-50(34-24-27-44-40(29-34)37-15-8-10-18-43(37)56-44)54-51(53-49)35-23-25-39-46(30-35)57-45-28-26-42-47(48(39)45)38-16-7-9-17-41(38)55(42)36-13-5-2-6-14-36/h1-30,42,47H. The molecular formula is C51H32N4O2. The van der Waals surface area contributed by atoms with Crippen molar-refractivity contribution in [2.45, 2.75) is 12.0 Å². The van der Waals surface area contributed by atoms with E-state index in [9.17, 15) is 0 Å². The number of anilines is 2. The lowest BCUT2D eigenvalue weighted by Crippen LogP contribution is -2.30. The van der Waals surface area contributed by atoms with Crippen molar-refractivity contribution < 1.29 is 8.83 Å². The highest BCUT2D eigenvalue weighted by Gasteiger charge is 2.43. The summed E-state index contributed by atoms with van der Waals surface area (Å²) in [4.78, 5) is 17.8. The molecule has 268 valence electrons. The molecule has 2 atom stereocenters. The van der Waals surface area contributed by atoms with E-state index < -0.39 is 0 Å². The van der Waals surface area contributed by atoms with Crippen LogP contribution in [0.15, 0.2) is 185 Å². The van der Waals surface area contributed by atoms with Crippen LogP contribution >= 0.6 is 0 Å². The van der Waals surface area contributed by atoms with Crippen LogP contribution in [0.5, 0.6) is 0 Å². The molecular weight excluding hydrogens is 701 g/mol. The fourth-order valence-corrected chi connectivity index (χ4v) is 8.86. The smallest absolute Gasteiger partial charge is 0.164 e. The van der Waals surface area contributed by atoms with Crippen molar-refractivity contribution in [3.8, 4) is 45.3 Å². The quantitative estimate of drug-likeness (QED) is 0.175. The monoisotopic (exact) mass is 732 g/mol. The van der Waals surface area contributed by atoms with Crippen molar-refractivity contribution in [1.29, 1.82) is 0 Å². The Bertz CT molecular complexity index is 3200. The van der Waals surface area contributed by atoms with E-state index in [1.807, 2.05) is 36.4 Å². The topological polar surface area (TPSA) is 68.2 Å². The molecule has 0 radical (unpaired) electrons. The molecule has 10 aromatic rings. The van der Waals surface area contributed by atoms with E-state index in [0.717, 1.165) is 66.5 Å². The van der Waals surface area contributed by atoms with Crippen molar-refractivity contribution in [3.05, 3.63) is 193 Å². The molecule has 57 heavy (non-hydrogen) atoms. The predicted octanol–water partition coefficient (Wildman–Crippen LogP) is 12.9. The van der Waals surface area contributed by atoms with E-state index >= 15 is 0 Å². The number of benzene rings is 7. The molecule has 2 aliphatic rings. The number of hydrogen-bond acceptors (Lipinski definition) is 6. The van der Waals surface area contributed by atoms with Crippen LogP contribution in [-0.2, 0) is 0 Å². The fraction of sp³-hybridized carbons (Fsp3) is 0.0392. The summed E-state index contributed by atoms with van der Waals surface area (Å²) in [6.45, 7) is 0. The second-order valence-corrected chi connectivity index (χ2v) is 14.7. The number of rotatable bonds is 5. The van der Waals surface area contributed by atoms with E-state index in [4.69, 9.17) is 23.8 Å². The first-order valence-corrected chi connectivity index (χ1v) is 19.3. The highest BCUT2D eigenvalue weighted by atomic mass is 16.3. The van der Waals surface area contributed by atoms with Crippen molar-refractivity contribution in [2.24, 2.45) is 0 Å². The van der Waals surface area contributed by atoms with Crippen molar-refractivity contribution >= 4 is 50.4 Å². The Hall–Kier alpha value is -7.57. The van der Waals surface area contributed by atoms with Gasteiger partial charge in [-0.3, -0.25) is 0 Å². The SMILES string of the molecule is C1=CC2C(c3ccccc3N2c2ccccc2)c2c1oc1cc(-c3nc(-c4ccc(-c5ccccc5)cc4)nc(-c4ccc5oc6ccccc6c5c4)n3)ccc21. The van der Waals surface area contributed by atoms with Gasteiger partial charge in [0.1, 0.15) is 22.5 Å². The first kappa shape index (κ1) is 31.7. The van der Waals surface area contributed by atoms with Crippen molar-refractivity contribution in [2.75, 3.05) is 4.90 Å². The minimum absolute atomic E-state index is 0.122. The van der Waals surface area contributed by atoms with Gasteiger partial charge in [0.15, 0.2) is 17.5 Å². The zero-order chi connectivity index (χ0) is 37.5. The van der Waals surface area contributed by atoms with Crippen LogP contribution in [0, 0.1) is 0 Å². The van der Waals surface area contributed by atoms with Crippen LogP contribution in [0.4, 0.5) is 11.4 Å². The van der Waals surface area contributed by atoms with Gasteiger partial charge in [-0.25, -0.2) is 15.0 Å². The first-order chi connectivity index (χ1) is 28.2. The molecule has 1 aliphatic carbocycles. The normalized spacial score (nSPS) is 15.6. The predicted molar refractivity (Wildman–Crippen MR) is 228 cm³/mol. The number of fused-ring (bicyclic) bond motifs is 10. The summed E-state index contributed by atoms with van der Waals surface area (Å²) in [6.07, 6.45) is 4.43. The Morgan fingerprint density at radius 2 is 1.05 bits per heavy atom. The molecule has 7 aromatic carbocycles. The average molecular weight is 733 g/mol. The lowest BCUT2D eigenvalue weighted by Gasteiger charge is -2.30. The molecule has 1 aliphatic heterocycles. The van der Waals surface area contributed by atoms with Gasteiger partial charge in [-0.2, -0.15) is 0 Å². The molecule has 4 heterocycles. The Balaban J connectivity index is 0.988. The Kier molecular flexibility index (Phi) is 6.95. The third kappa shape index (κ3) is 5.07. The zero-order valence-electron chi connectivity index (χ0n) is 30.6. The average Bonchev–Trinajstić information content (AvgIpc) is 3.95. The van der Waals surface area contributed by atoms with Crippen LogP contribution in [0.2, 0.25) is 0 Å². The summed E-state index contributed by atoms with van der Waals surface area (Å²) in [5.41, 5.74) is 12.3. The van der Waals surface area contributed by atoms with Gasteiger partial charge >= 0.3 is 0 Å². The number of nitrogens with zero attached hydrogens (tertiary/aromatic N) is 4. The van der Waals surface area contributed by atoms with Gasteiger partial charge < -0.3 is 13.7 Å². The van der Waals surface area contributed by atoms with Gasteiger partial charge in [0.2, 0.25) is 0 Å². The molecule has 0 bridgehead atoms. The van der Waals surface area contributed by atoms with E-state index in [-0.39, 0.29) is 12.0 Å². The molecule has 0 amide bonds. The van der Waals surface area contributed by atoms with Crippen LogP contribution in [0.25, 0.3) is 84.3 Å². The molecule has 12 rings (SSSR count). The van der Waals surface area contributed by atoms with Gasteiger partial charge in [0.05, 0.1) is 6.04 Å². The fourth-order valence-electron chi connectivity index (χ4n) is 8.86. The molecule has 0 fully saturated rings. The summed E-state index contributed by atoms with van der Waals surface area (Å²) < 4.78 is 12.9. The van der Waals surface area contributed by atoms with E-state index in [0.29, 0.717) is 17.5 Å². The minimum atomic E-state index is 0.122. The molecule has 2 unspecified atom stereocenters. The van der Waals surface area contributed by atoms with E-state index in [1.165, 1.54) is 22.5 Å². The van der Waals surface area contributed by atoms with Crippen molar-refractivity contribution in [3.63, 3.8) is 0 Å². The van der Waals surface area contributed by atoms with Crippen LogP contribution in [0.1, 0.15) is 22.8 Å². The second kappa shape index (κ2) is 12.5. The van der Waals surface area contributed by atoms with Gasteiger partial charge in [0.25, 0.3) is 0 Å². The van der Waals surface area contributed by atoms with Crippen LogP contribution < -0.4 is 4.90 Å². The number of furan rings is 2. The number of aromatic nitrogens is 3. The third-order valence-corrected chi connectivity index (χ3v) is 11.5. The number of para-hydroxylation sites is 3. The third-order valence-electron chi connectivity index (χ3n) is 11.5. The molecule has 0 spiro atoms. The Morgan fingerprint density at radius 3 is 1.88 bits per heavy atom. The van der Waals surface area contributed by atoms with Gasteiger partial charge in [-0.15, -0.1) is 0 Å². The summed E-state index contributed by atoms with van der Waals surface area (Å²) in [7, 11) is 0. The minimum Gasteiger partial charge on any atom is -0.456 e. The zero-order valence-corrected chi connectivity index (χ0v) is 30.6. The van der Waals surface area contributed by atoms with Gasteiger partial charge in [-0.1, -0.05) is 127 Å². The highest BCUT2D eigenvalue weighted by Crippen LogP contribution is 2.53. The summed E-state index contributed by atoms with van der Waals surface area (Å²) >= 11 is 0. The second-order valence-electron chi connectivity index (χ2n) is 14.7. The summed E-state index contributed by atoms with van der Waals surface area (Å²) in [5.74, 6) is 2.77.